The molecule has 0 aliphatic carbocycles. The van der Waals surface area contributed by atoms with Crippen LogP contribution in [0.1, 0.15) is 21.6 Å². The van der Waals surface area contributed by atoms with Gasteiger partial charge in [0.1, 0.15) is 18.1 Å². The van der Waals surface area contributed by atoms with Gasteiger partial charge in [-0.15, -0.1) is 0 Å². The lowest BCUT2D eigenvalue weighted by Crippen LogP contribution is -2.17. The van der Waals surface area contributed by atoms with Crippen LogP contribution >= 0.6 is 11.6 Å². The molecule has 0 aliphatic rings. The van der Waals surface area contributed by atoms with Gasteiger partial charge in [-0.05, 0) is 30.3 Å². The zero-order chi connectivity index (χ0) is 23.3. The standard InChI is InChI=1S/C26H20ClN5O2/c27-22-10-3-1-6-18(22)16-34-20-8-5-7-17(12-20)24-13-25(31-30-24)26(33)32-29-15-19-14-28-23-11-4-2-9-21(19)23/h1-15,28H,16H2,(H,30,31)(H,32,33). The van der Waals surface area contributed by atoms with Gasteiger partial charge >= 0.3 is 0 Å². The summed E-state index contributed by atoms with van der Waals surface area (Å²) in [6.45, 7) is 0.353. The van der Waals surface area contributed by atoms with Crippen molar-refractivity contribution in [3.63, 3.8) is 0 Å². The fraction of sp³-hybridized carbons (Fsp3) is 0.0385. The van der Waals surface area contributed by atoms with Gasteiger partial charge in [0.15, 0.2) is 0 Å². The van der Waals surface area contributed by atoms with Crippen LogP contribution < -0.4 is 10.2 Å². The number of hydrogen-bond donors (Lipinski definition) is 3. The highest BCUT2D eigenvalue weighted by Gasteiger charge is 2.11. The van der Waals surface area contributed by atoms with Crippen LogP contribution in [0, 0.1) is 0 Å². The number of para-hydroxylation sites is 1. The van der Waals surface area contributed by atoms with Crippen LogP contribution in [-0.4, -0.2) is 27.3 Å². The van der Waals surface area contributed by atoms with E-state index < -0.39 is 0 Å². The summed E-state index contributed by atoms with van der Waals surface area (Å²) >= 11 is 6.20. The molecule has 0 aliphatic heterocycles. The molecular weight excluding hydrogens is 450 g/mol. The molecular formula is C26H20ClN5O2. The van der Waals surface area contributed by atoms with Crippen molar-refractivity contribution in [2.45, 2.75) is 6.61 Å². The van der Waals surface area contributed by atoms with Crippen LogP contribution in [-0.2, 0) is 6.61 Å². The number of rotatable bonds is 7. The first-order valence-corrected chi connectivity index (χ1v) is 11.0. The first-order valence-electron chi connectivity index (χ1n) is 10.6. The van der Waals surface area contributed by atoms with Crippen LogP contribution in [0.25, 0.3) is 22.2 Å². The van der Waals surface area contributed by atoms with E-state index in [1.165, 1.54) is 0 Å². The summed E-state index contributed by atoms with van der Waals surface area (Å²) in [5.74, 6) is 0.288. The highest BCUT2D eigenvalue weighted by Crippen LogP contribution is 2.24. The van der Waals surface area contributed by atoms with Gasteiger partial charge in [-0.1, -0.05) is 60.1 Å². The van der Waals surface area contributed by atoms with E-state index in [-0.39, 0.29) is 5.91 Å². The maximum atomic E-state index is 12.5. The van der Waals surface area contributed by atoms with E-state index in [0.717, 1.165) is 27.6 Å². The molecule has 8 heteroatoms. The van der Waals surface area contributed by atoms with Gasteiger partial charge in [0.05, 0.1) is 11.9 Å². The molecule has 5 rings (SSSR count). The van der Waals surface area contributed by atoms with Gasteiger partial charge in [0.25, 0.3) is 5.91 Å². The third-order valence-corrected chi connectivity index (χ3v) is 5.66. The van der Waals surface area contributed by atoms with Gasteiger partial charge in [-0.25, -0.2) is 5.43 Å². The summed E-state index contributed by atoms with van der Waals surface area (Å²) < 4.78 is 5.88. The average Bonchev–Trinajstić information content (AvgIpc) is 3.52. The Hall–Kier alpha value is -4.36. The third kappa shape index (κ3) is 4.69. The molecule has 3 N–H and O–H groups in total. The first kappa shape index (κ1) is 21.5. The number of aromatic amines is 2. The van der Waals surface area contributed by atoms with Crippen molar-refractivity contribution in [1.29, 1.82) is 0 Å². The molecule has 34 heavy (non-hydrogen) atoms. The van der Waals surface area contributed by atoms with E-state index in [9.17, 15) is 4.79 Å². The molecule has 1 amide bonds. The molecule has 5 aromatic rings. The first-order chi connectivity index (χ1) is 16.7. The van der Waals surface area contributed by atoms with Gasteiger partial charge in [-0.2, -0.15) is 10.2 Å². The highest BCUT2D eigenvalue weighted by atomic mass is 35.5. The van der Waals surface area contributed by atoms with E-state index in [2.05, 4.69) is 25.7 Å². The Balaban J connectivity index is 1.24. The zero-order valence-electron chi connectivity index (χ0n) is 18.0. The Labute approximate surface area is 200 Å². The van der Waals surface area contributed by atoms with E-state index in [1.54, 1.807) is 12.3 Å². The van der Waals surface area contributed by atoms with E-state index >= 15 is 0 Å². The number of amides is 1. The minimum absolute atomic E-state index is 0.300. The molecule has 0 saturated carbocycles. The monoisotopic (exact) mass is 469 g/mol. The second kappa shape index (κ2) is 9.64. The second-order valence-corrected chi connectivity index (χ2v) is 7.97. The topological polar surface area (TPSA) is 95.2 Å². The molecule has 0 radical (unpaired) electrons. The molecule has 0 bridgehead atoms. The second-order valence-electron chi connectivity index (χ2n) is 7.56. The van der Waals surface area contributed by atoms with Crippen LogP contribution in [0.4, 0.5) is 0 Å². The lowest BCUT2D eigenvalue weighted by molar-refractivity contribution is 0.0950. The Kier molecular flexibility index (Phi) is 6.09. The fourth-order valence-electron chi connectivity index (χ4n) is 3.53. The van der Waals surface area contributed by atoms with Gasteiger partial charge in [0, 0.05) is 38.8 Å². The number of hydrogen-bond acceptors (Lipinski definition) is 4. The molecule has 0 fully saturated rings. The summed E-state index contributed by atoms with van der Waals surface area (Å²) in [7, 11) is 0. The van der Waals surface area contributed by atoms with Crippen molar-refractivity contribution in [1.82, 2.24) is 20.6 Å². The molecule has 0 spiro atoms. The Morgan fingerprint density at radius 1 is 1.06 bits per heavy atom. The van der Waals surface area contributed by atoms with Crippen LogP contribution in [0.15, 0.2) is 90.2 Å². The van der Waals surface area contributed by atoms with Crippen molar-refractivity contribution in [3.8, 4) is 17.0 Å². The van der Waals surface area contributed by atoms with Crippen molar-refractivity contribution < 1.29 is 9.53 Å². The van der Waals surface area contributed by atoms with Crippen molar-refractivity contribution in [3.05, 3.63) is 107 Å². The van der Waals surface area contributed by atoms with Gasteiger partial charge in [0.2, 0.25) is 0 Å². The number of hydrazone groups is 1. The molecule has 0 atom stereocenters. The average molecular weight is 470 g/mol. The van der Waals surface area contributed by atoms with Crippen LogP contribution in [0.5, 0.6) is 5.75 Å². The maximum Gasteiger partial charge on any atom is 0.289 e. The molecule has 0 unspecified atom stereocenters. The molecule has 0 saturated heterocycles. The fourth-order valence-corrected chi connectivity index (χ4v) is 3.72. The predicted molar refractivity (Wildman–Crippen MR) is 133 cm³/mol. The Morgan fingerprint density at radius 2 is 1.91 bits per heavy atom. The normalized spacial score (nSPS) is 11.2. The summed E-state index contributed by atoms with van der Waals surface area (Å²) in [5.41, 5.74) is 7.06. The molecule has 168 valence electrons. The van der Waals surface area contributed by atoms with Gasteiger partial charge in [-0.3, -0.25) is 9.89 Å². The predicted octanol–water partition coefficient (Wildman–Crippen LogP) is 5.55. The maximum absolute atomic E-state index is 12.5. The smallest absolute Gasteiger partial charge is 0.289 e. The van der Waals surface area contributed by atoms with Crippen molar-refractivity contribution in [2.24, 2.45) is 5.10 Å². The quantitative estimate of drug-likeness (QED) is 0.215. The molecule has 3 aromatic carbocycles. The minimum Gasteiger partial charge on any atom is -0.489 e. The van der Waals surface area contributed by atoms with E-state index in [4.69, 9.17) is 16.3 Å². The minimum atomic E-state index is -0.388. The number of nitrogens with one attached hydrogen (secondary N) is 3. The Morgan fingerprint density at radius 3 is 2.82 bits per heavy atom. The van der Waals surface area contributed by atoms with Crippen molar-refractivity contribution in [2.75, 3.05) is 0 Å². The number of carbonyl (C=O) groups excluding carboxylic acids is 1. The third-order valence-electron chi connectivity index (χ3n) is 5.30. The Bertz CT molecular complexity index is 1490. The number of halogens is 1. The molecule has 2 heterocycles. The largest absolute Gasteiger partial charge is 0.489 e. The van der Waals surface area contributed by atoms with E-state index in [1.807, 2.05) is 79.0 Å². The number of H-pyrrole nitrogens is 2. The zero-order valence-corrected chi connectivity index (χ0v) is 18.7. The lowest BCUT2D eigenvalue weighted by atomic mass is 10.1. The molecule has 2 aromatic heterocycles. The summed E-state index contributed by atoms with van der Waals surface area (Å²) in [6, 6.07) is 24.6. The highest BCUT2D eigenvalue weighted by molar-refractivity contribution is 6.31. The van der Waals surface area contributed by atoms with Crippen LogP contribution in [0.3, 0.4) is 0 Å². The SMILES string of the molecule is O=C(NN=Cc1c[nH]c2ccccc12)c1cc(-c2cccc(OCc3ccccc3Cl)c2)n[nH]1. The van der Waals surface area contributed by atoms with E-state index in [0.29, 0.717) is 28.8 Å². The number of carbonyl (C=O) groups is 1. The summed E-state index contributed by atoms with van der Waals surface area (Å²) in [6.07, 6.45) is 3.45. The van der Waals surface area contributed by atoms with Gasteiger partial charge < -0.3 is 9.72 Å². The van der Waals surface area contributed by atoms with Crippen molar-refractivity contribution >= 4 is 34.6 Å². The summed E-state index contributed by atoms with van der Waals surface area (Å²) in [4.78, 5) is 15.7. The molecule has 7 nitrogen and oxygen atoms in total. The number of benzene rings is 3. The van der Waals surface area contributed by atoms with Crippen LogP contribution in [0.2, 0.25) is 5.02 Å². The summed E-state index contributed by atoms with van der Waals surface area (Å²) in [5, 5.41) is 12.8. The lowest BCUT2D eigenvalue weighted by Gasteiger charge is -2.08. The number of fused-ring (bicyclic) bond motifs is 1. The number of aromatic nitrogens is 3. The number of nitrogens with zero attached hydrogens (tertiary/aromatic N) is 2. The number of ether oxygens (including phenoxy) is 1.